The van der Waals surface area contributed by atoms with Crippen LogP contribution in [0.4, 0.5) is 4.39 Å². The Morgan fingerprint density at radius 2 is 1.42 bits per heavy atom. The summed E-state index contributed by atoms with van der Waals surface area (Å²) in [7, 11) is -5.29. The van der Waals surface area contributed by atoms with Crippen LogP contribution in [0, 0.1) is 5.92 Å². The van der Waals surface area contributed by atoms with Crippen molar-refractivity contribution >= 4 is 33.1 Å². The summed E-state index contributed by atoms with van der Waals surface area (Å²) >= 11 is 3.48. The highest BCUT2D eigenvalue weighted by molar-refractivity contribution is 9.09. The molecular weight excluding hydrogens is 431 g/mol. The van der Waals surface area contributed by atoms with Gasteiger partial charge in [0.2, 0.25) is 0 Å². The average Bonchev–Trinajstić information content (AvgIpc) is 2.70. The molecule has 152 valence electrons. The first-order chi connectivity index (χ1) is 11.9. The molecule has 2 fully saturated rings. The van der Waals surface area contributed by atoms with Crippen LogP contribution < -0.4 is 0 Å². The Labute approximate surface area is 169 Å². The van der Waals surface area contributed by atoms with E-state index in [-0.39, 0.29) is 21.8 Å². The predicted molar refractivity (Wildman–Crippen MR) is 114 cm³/mol. The Hall–Kier alpha value is 0.464. The lowest BCUT2D eigenvalue weighted by Crippen LogP contribution is -2.65. The molecule has 7 heteroatoms. The van der Waals surface area contributed by atoms with Crippen LogP contribution in [0.5, 0.6) is 0 Å². The minimum Gasteiger partial charge on any atom is -0.414 e. The van der Waals surface area contributed by atoms with Crippen molar-refractivity contribution in [1.29, 1.82) is 0 Å². The van der Waals surface area contributed by atoms with E-state index >= 15 is 4.39 Å². The summed E-state index contributed by atoms with van der Waals surface area (Å²) in [5.41, 5.74) is 1.87. The van der Waals surface area contributed by atoms with Crippen LogP contribution >= 0.6 is 15.9 Å². The van der Waals surface area contributed by atoms with Gasteiger partial charge in [-0.15, -0.1) is 0 Å². The van der Waals surface area contributed by atoms with Crippen molar-refractivity contribution in [2.75, 3.05) is 6.61 Å². The van der Waals surface area contributed by atoms with E-state index in [9.17, 15) is 0 Å². The molecule has 2 rings (SSSR count). The minimum absolute atomic E-state index is 0.118. The van der Waals surface area contributed by atoms with Crippen molar-refractivity contribution in [3.05, 3.63) is 12.2 Å². The van der Waals surface area contributed by atoms with E-state index in [1.54, 1.807) is 0 Å². The summed E-state index contributed by atoms with van der Waals surface area (Å²) in [6.07, 6.45) is -1.65. The predicted octanol–water partition coefficient (Wildman–Crippen LogP) is 6.23. The topological polar surface area (TPSA) is 27.7 Å². The van der Waals surface area contributed by atoms with Gasteiger partial charge in [0.25, 0.3) is 0 Å². The number of halogens is 2. The van der Waals surface area contributed by atoms with Crippen LogP contribution in [0.25, 0.3) is 0 Å². The molecule has 2 aliphatic rings. The lowest BCUT2D eigenvalue weighted by Gasteiger charge is -2.51. The number of rotatable bonds is 4. The average molecular weight is 468 g/mol. The normalized spacial score (nSPS) is 34.5. The van der Waals surface area contributed by atoms with E-state index in [1.807, 2.05) is 0 Å². The summed E-state index contributed by atoms with van der Waals surface area (Å²) < 4.78 is 35.5. The Balaban J connectivity index is 2.59. The Morgan fingerprint density at radius 1 is 0.962 bits per heavy atom. The maximum Gasteiger partial charge on any atom is 0.335 e. The molecule has 2 unspecified atom stereocenters. The van der Waals surface area contributed by atoms with Gasteiger partial charge in [-0.05, 0) is 22.2 Å². The fourth-order valence-electron chi connectivity index (χ4n) is 4.50. The van der Waals surface area contributed by atoms with E-state index in [0.29, 0.717) is 17.7 Å². The van der Waals surface area contributed by atoms with E-state index in [0.717, 1.165) is 5.57 Å². The zero-order valence-electron chi connectivity index (χ0n) is 17.5. The van der Waals surface area contributed by atoms with Gasteiger partial charge in [0, 0.05) is 12.5 Å². The summed E-state index contributed by atoms with van der Waals surface area (Å²) in [5, 5.41) is 0. The van der Waals surface area contributed by atoms with Gasteiger partial charge >= 0.3 is 17.1 Å². The number of fused-ring (bicyclic) bond motifs is 1. The Morgan fingerprint density at radius 3 is 1.85 bits per heavy atom. The second kappa shape index (κ2) is 8.07. The van der Waals surface area contributed by atoms with Crippen molar-refractivity contribution in [3.63, 3.8) is 0 Å². The van der Waals surface area contributed by atoms with Crippen molar-refractivity contribution in [3.8, 4) is 0 Å². The smallest absolute Gasteiger partial charge is 0.335 e. The molecular formula is C19H36BrFO3Si2. The number of alkyl halides is 2. The molecule has 0 radical (unpaired) electrons. The van der Waals surface area contributed by atoms with Gasteiger partial charge in [0.15, 0.2) is 0 Å². The first-order valence-electron chi connectivity index (χ1n) is 9.89. The minimum atomic E-state index is -2.73. The fourth-order valence-corrected chi connectivity index (χ4v) is 16.4. The van der Waals surface area contributed by atoms with Crippen LogP contribution in [0.1, 0.15) is 55.4 Å². The molecule has 1 aliphatic heterocycles. The second-order valence-electron chi connectivity index (χ2n) is 9.08. The third-order valence-electron chi connectivity index (χ3n) is 6.17. The van der Waals surface area contributed by atoms with Crippen LogP contribution in [-0.2, 0) is 13.0 Å². The van der Waals surface area contributed by atoms with Crippen molar-refractivity contribution < 1.29 is 17.4 Å². The zero-order chi connectivity index (χ0) is 20.0. The largest absolute Gasteiger partial charge is 0.414 e. The molecule has 0 aromatic heterocycles. The van der Waals surface area contributed by atoms with Crippen molar-refractivity contribution in [2.45, 2.75) is 94.7 Å². The molecule has 0 amide bonds. The molecule has 26 heavy (non-hydrogen) atoms. The summed E-state index contributed by atoms with van der Waals surface area (Å²) in [5.74, 6) is -0.118. The highest BCUT2D eigenvalue weighted by Gasteiger charge is 2.61. The number of hydrogen-bond donors (Lipinski definition) is 0. The van der Waals surface area contributed by atoms with Crippen LogP contribution in [0.15, 0.2) is 12.2 Å². The second-order valence-corrected chi connectivity index (χ2v) is 18.9. The molecule has 0 N–H and O–H groups in total. The highest BCUT2D eigenvalue weighted by atomic mass is 79.9. The maximum absolute atomic E-state index is 15.1. The SMILES string of the molecule is C=C1C(Br)[C@H](F)C2O[Si](C(C)C)(C(C)C)O[Si](C(C)C)(C(C)C)OC[C@@H]12. The molecule has 0 spiro atoms. The molecule has 1 saturated heterocycles. The Kier molecular flexibility index (Phi) is 7.06. The van der Waals surface area contributed by atoms with Crippen molar-refractivity contribution in [2.24, 2.45) is 5.92 Å². The third kappa shape index (κ3) is 3.57. The Bertz CT molecular complexity index is 511. The van der Waals surface area contributed by atoms with Crippen LogP contribution in [0.3, 0.4) is 0 Å². The summed E-state index contributed by atoms with van der Waals surface area (Å²) in [4.78, 5) is -0.376. The van der Waals surface area contributed by atoms with Gasteiger partial charge < -0.3 is 13.0 Å². The molecule has 0 bridgehead atoms. The van der Waals surface area contributed by atoms with Gasteiger partial charge in [-0.1, -0.05) is 83.5 Å². The molecule has 1 heterocycles. The quantitative estimate of drug-likeness (QED) is 0.279. The monoisotopic (exact) mass is 466 g/mol. The van der Waals surface area contributed by atoms with E-state index < -0.39 is 29.4 Å². The molecule has 1 aliphatic carbocycles. The van der Waals surface area contributed by atoms with Gasteiger partial charge in [-0.3, -0.25) is 0 Å². The van der Waals surface area contributed by atoms with E-state index in [2.05, 4.69) is 77.9 Å². The summed E-state index contributed by atoms with van der Waals surface area (Å²) in [6, 6.07) is 0. The highest BCUT2D eigenvalue weighted by Crippen LogP contribution is 2.50. The maximum atomic E-state index is 15.1. The van der Waals surface area contributed by atoms with Crippen molar-refractivity contribution in [1.82, 2.24) is 0 Å². The van der Waals surface area contributed by atoms with Gasteiger partial charge in [-0.25, -0.2) is 4.39 Å². The molecule has 0 aromatic rings. The van der Waals surface area contributed by atoms with Gasteiger partial charge in [0.1, 0.15) is 6.17 Å². The lowest BCUT2D eigenvalue weighted by molar-refractivity contribution is 0.0140. The third-order valence-corrected chi connectivity index (χ3v) is 17.5. The van der Waals surface area contributed by atoms with Crippen LogP contribution in [0.2, 0.25) is 22.2 Å². The van der Waals surface area contributed by atoms with Crippen LogP contribution in [-0.4, -0.2) is 40.8 Å². The molecule has 3 nitrogen and oxygen atoms in total. The first-order valence-corrected chi connectivity index (χ1v) is 14.7. The number of hydrogen-bond acceptors (Lipinski definition) is 3. The molecule has 4 atom stereocenters. The van der Waals surface area contributed by atoms with E-state index in [4.69, 9.17) is 13.0 Å². The molecule has 1 saturated carbocycles. The van der Waals surface area contributed by atoms with Gasteiger partial charge in [0.05, 0.1) is 10.9 Å². The standard InChI is InChI=1S/C19H36BrFO3Si2/c1-11(2)25(12(3)4)22-10-16-15(9)17(20)18(21)19(16)23-26(24-25,13(5)6)14(7)8/h11-14,16-19H,9-10H2,1-8H3/t16-,17?,18-,19?/m0/s1. The lowest BCUT2D eigenvalue weighted by atomic mass is 10.0. The summed E-state index contributed by atoms with van der Waals surface area (Å²) in [6.45, 7) is 22.0. The van der Waals surface area contributed by atoms with E-state index in [1.165, 1.54) is 0 Å². The first kappa shape index (κ1) is 22.7. The van der Waals surface area contributed by atoms with Gasteiger partial charge in [-0.2, -0.15) is 0 Å². The fraction of sp³-hybridized carbons (Fsp3) is 0.895. The zero-order valence-corrected chi connectivity index (χ0v) is 21.1. The molecule has 0 aromatic carbocycles.